The fourth-order valence-electron chi connectivity index (χ4n) is 10.6. The highest BCUT2D eigenvalue weighted by Crippen LogP contribution is 2.58. The van der Waals surface area contributed by atoms with Crippen LogP contribution in [0.15, 0.2) is 193 Å². The van der Waals surface area contributed by atoms with E-state index in [1.807, 2.05) is 11.8 Å². The van der Waals surface area contributed by atoms with E-state index in [2.05, 4.69) is 219 Å². The SMILES string of the molecule is C/C=C\C1=C(C)c2ccc(N(C3=CC=CC4SC3Oc3c4ccc4c3-c3cccc5c6ccccc6n(c35)-c3ccccc3-4)c3ccc(-c4ccccc4)cc3)cc2C1(C)C. The first-order valence-corrected chi connectivity index (χ1v) is 22.3. The molecule has 2 unspecified atom stereocenters. The molecule has 3 aliphatic heterocycles. The standard InChI is InChI=1S/C57H44N2OS/c1-5-15-47-35(2)40-31-30-39(34-48(40)57(47,3)4)58(38-28-26-37(27-29-38)36-16-7-6-8-17-36)51-24-14-25-52-45-33-32-43-41-18-9-11-22-49(41)59-50-23-12-10-19-42(50)44-20-13-21-46(54(44)59)53(43)55(45)60-56(51)61-52/h5-34,52,56H,1-4H3/b15-5-. The van der Waals surface area contributed by atoms with Gasteiger partial charge in [-0.3, -0.25) is 0 Å². The van der Waals surface area contributed by atoms with Crippen LogP contribution < -0.4 is 9.64 Å². The smallest absolute Gasteiger partial charge is 0.185 e. The number of benzene rings is 7. The summed E-state index contributed by atoms with van der Waals surface area (Å²) in [4.78, 5) is 2.44. The average molecular weight is 805 g/mol. The van der Waals surface area contributed by atoms with E-state index in [4.69, 9.17) is 4.74 Å². The van der Waals surface area contributed by atoms with E-state index < -0.39 is 0 Å². The molecule has 8 aromatic rings. The summed E-state index contributed by atoms with van der Waals surface area (Å²) in [5.41, 5.74) is 20.3. The van der Waals surface area contributed by atoms with E-state index in [0.717, 1.165) is 28.4 Å². The first-order valence-electron chi connectivity index (χ1n) is 21.3. The first kappa shape index (κ1) is 36.1. The molecule has 3 nitrogen and oxygen atoms in total. The van der Waals surface area contributed by atoms with Crippen LogP contribution in [0.4, 0.5) is 11.4 Å². The van der Waals surface area contributed by atoms with Crippen molar-refractivity contribution in [1.82, 2.24) is 4.57 Å². The normalized spacial score (nSPS) is 17.9. The van der Waals surface area contributed by atoms with Crippen molar-refractivity contribution in [3.63, 3.8) is 0 Å². The summed E-state index contributed by atoms with van der Waals surface area (Å²) in [5, 5.41) is 2.62. The maximum Gasteiger partial charge on any atom is 0.185 e. The van der Waals surface area contributed by atoms with Crippen LogP contribution in [0, 0.1) is 0 Å². The minimum atomic E-state index is -0.295. The molecule has 0 spiro atoms. The topological polar surface area (TPSA) is 17.4 Å². The summed E-state index contributed by atoms with van der Waals surface area (Å²) < 4.78 is 10.1. The fraction of sp³-hybridized carbons (Fsp3) is 0.123. The second-order valence-electron chi connectivity index (χ2n) is 17.1. The van der Waals surface area contributed by atoms with Gasteiger partial charge in [0, 0.05) is 49.8 Å². The Balaban J connectivity index is 1.04. The van der Waals surface area contributed by atoms with Gasteiger partial charge in [-0.2, -0.15) is 0 Å². The highest BCUT2D eigenvalue weighted by Gasteiger charge is 2.40. The van der Waals surface area contributed by atoms with Crippen LogP contribution in [0.1, 0.15) is 49.6 Å². The summed E-state index contributed by atoms with van der Waals surface area (Å²) in [5.74, 6) is 0.968. The third kappa shape index (κ3) is 5.31. The lowest BCUT2D eigenvalue weighted by Crippen LogP contribution is -2.31. The Morgan fingerprint density at radius 1 is 0.689 bits per heavy atom. The molecule has 4 aliphatic rings. The van der Waals surface area contributed by atoms with E-state index in [1.165, 1.54) is 83.1 Å². The molecule has 294 valence electrons. The quantitative estimate of drug-likeness (QED) is 0.173. The Labute approximate surface area is 361 Å². The Hall–Kier alpha value is -6.75. The zero-order valence-corrected chi connectivity index (χ0v) is 35.5. The van der Waals surface area contributed by atoms with Crippen molar-refractivity contribution in [3.05, 3.63) is 210 Å². The molecule has 0 saturated carbocycles. The van der Waals surface area contributed by atoms with Crippen molar-refractivity contribution in [3.8, 4) is 44.8 Å². The number of thioether (sulfide) groups is 1. The molecule has 0 N–H and O–H groups in total. The van der Waals surface area contributed by atoms with E-state index in [1.54, 1.807) is 0 Å². The third-order valence-corrected chi connectivity index (χ3v) is 14.7. The van der Waals surface area contributed by atoms with Crippen LogP contribution in [0.25, 0.3) is 66.4 Å². The van der Waals surface area contributed by atoms with E-state index in [9.17, 15) is 0 Å². The second kappa shape index (κ2) is 13.6. The number of allylic oxidation sites excluding steroid dienone is 6. The lowest BCUT2D eigenvalue weighted by molar-refractivity contribution is 0.311. The zero-order valence-electron chi connectivity index (χ0n) is 34.7. The fourth-order valence-corrected chi connectivity index (χ4v) is 11.9. The average Bonchev–Trinajstić information content (AvgIpc) is 3.58. The van der Waals surface area contributed by atoms with Crippen LogP contribution in [0.2, 0.25) is 0 Å². The third-order valence-electron chi connectivity index (χ3n) is 13.4. The van der Waals surface area contributed by atoms with Crippen molar-refractivity contribution in [2.45, 2.75) is 43.8 Å². The predicted molar refractivity (Wildman–Crippen MR) is 258 cm³/mol. The summed E-state index contributed by atoms with van der Waals surface area (Å²) in [6.07, 6.45) is 11.4. The molecular formula is C57H44N2OS. The van der Waals surface area contributed by atoms with Gasteiger partial charge in [0.25, 0.3) is 0 Å². The number of aromatic nitrogens is 1. The number of fused-ring (bicyclic) bond motifs is 14. The van der Waals surface area contributed by atoms with Crippen molar-refractivity contribution in [2.75, 3.05) is 4.90 Å². The molecule has 61 heavy (non-hydrogen) atoms. The number of rotatable bonds is 5. The van der Waals surface area contributed by atoms with Crippen molar-refractivity contribution in [1.29, 1.82) is 0 Å². The summed E-state index contributed by atoms with van der Waals surface area (Å²) in [7, 11) is 0. The molecule has 2 bridgehead atoms. The molecule has 1 aliphatic carbocycles. The summed E-state index contributed by atoms with van der Waals surface area (Å²) in [6.45, 7) is 9.11. The van der Waals surface area contributed by atoms with Crippen LogP contribution in [-0.2, 0) is 5.41 Å². The summed E-state index contributed by atoms with van der Waals surface area (Å²) in [6, 6.07) is 55.9. The van der Waals surface area contributed by atoms with Crippen LogP contribution in [0.3, 0.4) is 0 Å². The van der Waals surface area contributed by atoms with E-state index in [0.29, 0.717) is 0 Å². The number of hydrogen-bond acceptors (Lipinski definition) is 3. The Morgan fingerprint density at radius 2 is 1.41 bits per heavy atom. The lowest BCUT2D eigenvalue weighted by Gasteiger charge is -2.37. The van der Waals surface area contributed by atoms with Gasteiger partial charge in [0.15, 0.2) is 5.44 Å². The predicted octanol–water partition coefficient (Wildman–Crippen LogP) is 15.5. The minimum Gasteiger partial charge on any atom is -0.472 e. The number of anilines is 2. The molecule has 0 radical (unpaired) electrons. The van der Waals surface area contributed by atoms with Crippen LogP contribution in [-0.4, -0.2) is 10.0 Å². The highest BCUT2D eigenvalue weighted by molar-refractivity contribution is 8.00. The first-order chi connectivity index (χ1) is 29.9. The molecular weight excluding hydrogens is 761 g/mol. The number of para-hydroxylation sites is 3. The monoisotopic (exact) mass is 804 g/mol. The molecule has 1 aromatic heterocycles. The van der Waals surface area contributed by atoms with Gasteiger partial charge in [0.1, 0.15) is 5.75 Å². The van der Waals surface area contributed by atoms with Crippen molar-refractivity contribution >= 4 is 50.5 Å². The summed E-state index contributed by atoms with van der Waals surface area (Å²) >= 11 is 1.88. The Morgan fingerprint density at radius 3 is 2.26 bits per heavy atom. The van der Waals surface area contributed by atoms with Gasteiger partial charge in [-0.15, -0.1) is 0 Å². The van der Waals surface area contributed by atoms with Crippen LogP contribution in [0.5, 0.6) is 5.75 Å². The number of ether oxygens (including phenoxy) is 1. The van der Waals surface area contributed by atoms with Gasteiger partial charge in [-0.1, -0.05) is 165 Å². The largest absolute Gasteiger partial charge is 0.472 e. The van der Waals surface area contributed by atoms with Gasteiger partial charge < -0.3 is 14.2 Å². The molecule has 0 saturated heterocycles. The molecule has 4 heterocycles. The minimum absolute atomic E-state index is 0.104. The lowest BCUT2D eigenvalue weighted by atomic mass is 9.81. The Kier molecular flexibility index (Phi) is 8.08. The molecule has 4 heteroatoms. The Bertz CT molecular complexity index is 3250. The van der Waals surface area contributed by atoms with Gasteiger partial charge in [0.2, 0.25) is 0 Å². The van der Waals surface area contributed by atoms with Crippen molar-refractivity contribution < 1.29 is 4.74 Å². The number of nitrogens with zero attached hydrogens (tertiary/aromatic N) is 2. The number of hydrogen-bond donors (Lipinski definition) is 0. The molecule has 0 amide bonds. The van der Waals surface area contributed by atoms with Crippen LogP contribution >= 0.6 is 11.8 Å². The van der Waals surface area contributed by atoms with Gasteiger partial charge in [-0.05, 0) is 95.3 Å². The zero-order chi connectivity index (χ0) is 41.0. The van der Waals surface area contributed by atoms with Gasteiger partial charge in [0.05, 0.1) is 27.7 Å². The molecule has 7 aromatic carbocycles. The van der Waals surface area contributed by atoms with E-state index >= 15 is 0 Å². The maximum atomic E-state index is 7.59. The van der Waals surface area contributed by atoms with Gasteiger partial charge in [-0.25, -0.2) is 0 Å². The van der Waals surface area contributed by atoms with Crippen molar-refractivity contribution in [2.24, 2.45) is 0 Å². The van der Waals surface area contributed by atoms with E-state index in [-0.39, 0.29) is 16.1 Å². The highest BCUT2D eigenvalue weighted by atomic mass is 32.2. The second-order valence-corrected chi connectivity index (χ2v) is 18.3. The maximum absolute atomic E-state index is 7.59. The molecule has 12 rings (SSSR count). The molecule has 0 fully saturated rings. The van der Waals surface area contributed by atoms with Gasteiger partial charge >= 0.3 is 0 Å². The molecule has 2 atom stereocenters.